The first-order valence-electron chi connectivity index (χ1n) is 5.40. The number of alkyl halides is 3. The fraction of sp³-hybridized carbons (Fsp3) is 0.455. The van der Waals surface area contributed by atoms with Gasteiger partial charge in [-0.3, -0.25) is 15.0 Å². The van der Waals surface area contributed by atoms with Gasteiger partial charge in [0.25, 0.3) is 5.69 Å². The highest BCUT2D eigenvalue weighted by atomic mass is 19.4. The lowest BCUT2D eigenvalue weighted by molar-refractivity contribution is -0.385. The van der Waals surface area contributed by atoms with E-state index in [9.17, 15) is 23.3 Å². The number of hydrogen-bond donors (Lipinski definition) is 0. The summed E-state index contributed by atoms with van der Waals surface area (Å²) in [4.78, 5) is 11.3. The zero-order chi connectivity index (χ0) is 13.3. The number of nitrogens with zero attached hydrogens (tertiary/aromatic N) is 2. The first-order chi connectivity index (χ1) is 8.35. The molecule has 2 rings (SSSR count). The molecule has 1 aromatic rings. The van der Waals surface area contributed by atoms with Crippen LogP contribution >= 0.6 is 0 Å². The van der Waals surface area contributed by atoms with Crippen LogP contribution < -0.4 is 0 Å². The molecule has 1 heterocycles. The molecule has 0 amide bonds. The second-order valence-corrected chi connectivity index (χ2v) is 4.29. The third-order valence-electron chi connectivity index (χ3n) is 2.89. The SMILES string of the molecule is O=[N+]([O-])c1ccc2c(c1)CN(CC(F)(F)F)CC2. The molecule has 0 fully saturated rings. The average Bonchev–Trinajstić information content (AvgIpc) is 2.25. The van der Waals surface area contributed by atoms with Crippen molar-refractivity contribution in [1.29, 1.82) is 0 Å². The molecule has 0 aromatic heterocycles. The summed E-state index contributed by atoms with van der Waals surface area (Å²) in [5.74, 6) is 0. The third-order valence-corrected chi connectivity index (χ3v) is 2.89. The van der Waals surface area contributed by atoms with Gasteiger partial charge in [0.05, 0.1) is 11.5 Å². The molecule has 0 bridgehead atoms. The Kier molecular flexibility index (Phi) is 3.25. The van der Waals surface area contributed by atoms with Gasteiger partial charge in [0.2, 0.25) is 0 Å². The van der Waals surface area contributed by atoms with Gasteiger partial charge in [-0.1, -0.05) is 6.07 Å². The van der Waals surface area contributed by atoms with Crippen molar-refractivity contribution >= 4 is 5.69 Å². The molecule has 0 aliphatic carbocycles. The van der Waals surface area contributed by atoms with Gasteiger partial charge in [-0.25, -0.2) is 0 Å². The lowest BCUT2D eigenvalue weighted by Crippen LogP contribution is -2.37. The molecule has 4 nitrogen and oxygen atoms in total. The summed E-state index contributed by atoms with van der Waals surface area (Å²) in [6.45, 7) is -0.546. The number of hydrogen-bond acceptors (Lipinski definition) is 3. The Morgan fingerprint density at radius 2 is 2.06 bits per heavy atom. The molecule has 98 valence electrons. The topological polar surface area (TPSA) is 46.4 Å². The summed E-state index contributed by atoms with van der Waals surface area (Å²) in [5, 5.41) is 10.6. The van der Waals surface area contributed by atoms with E-state index in [1.165, 1.54) is 17.0 Å². The summed E-state index contributed by atoms with van der Waals surface area (Å²) in [5.41, 5.74) is 1.42. The molecule has 18 heavy (non-hydrogen) atoms. The molecule has 0 saturated heterocycles. The van der Waals surface area contributed by atoms with Crippen LogP contribution in [0.3, 0.4) is 0 Å². The van der Waals surface area contributed by atoms with Gasteiger partial charge in [0, 0.05) is 25.2 Å². The van der Waals surface area contributed by atoms with E-state index in [0.717, 1.165) is 5.56 Å². The van der Waals surface area contributed by atoms with E-state index in [1.54, 1.807) is 6.07 Å². The van der Waals surface area contributed by atoms with Crippen molar-refractivity contribution in [2.75, 3.05) is 13.1 Å². The molecule has 0 saturated carbocycles. The van der Waals surface area contributed by atoms with Crippen molar-refractivity contribution in [2.24, 2.45) is 0 Å². The predicted octanol–water partition coefficient (Wildman–Crippen LogP) is 2.52. The Morgan fingerprint density at radius 3 is 2.67 bits per heavy atom. The minimum absolute atomic E-state index is 0.0809. The largest absolute Gasteiger partial charge is 0.401 e. The highest BCUT2D eigenvalue weighted by Crippen LogP contribution is 2.26. The van der Waals surface area contributed by atoms with Crippen molar-refractivity contribution in [1.82, 2.24) is 4.90 Å². The Hall–Kier alpha value is -1.63. The quantitative estimate of drug-likeness (QED) is 0.606. The van der Waals surface area contributed by atoms with Crippen LogP contribution in [0.2, 0.25) is 0 Å². The number of nitro groups is 1. The summed E-state index contributed by atoms with van der Waals surface area (Å²) in [6, 6.07) is 4.37. The van der Waals surface area contributed by atoms with Crippen LogP contribution in [-0.4, -0.2) is 29.1 Å². The van der Waals surface area contributed by atoms with Crippen LogP contribution in [0.15, 0.2) is 18.2 Å². The normalized spacial score (nSPS) is 16.4. The molecular formula is C11H11F3N2O2. The van der Waals surface area contributed by atoms with Crippen LogP contribution in [0.4, 0.5) is 18.9 Å². The van der Waals surface area contributed by atoms with E-state index in [-0.39, 0.29) is 12.2 Å². The van der Waals surface area contributed by atoms with Crippen LogP contribution in [0, 0.1) is 10.1 Å². The highest BCUT2D eigenvalue weighted by molar-refractivity contribution is 5.41. The number of halogens is 3. The highest BCUT2D eigenvalue weighted by Gasteiger charge is 2.32. The van der Waals surface area contributed by atoms with Gasteiger partial charge < -0.3 is 0 Å². The Morgan fingerprint density at radius 1 is 1.33 bits per heavy atom. The Labute approximate surface area is 101 Å². The summed E-state index contributed by atoms with van der Waals surface area (Å²) in [6.07, 6.45) is -3.75. The van der Waals surface area contributed by atoms with E-state index in [1.807, 2.05) is 0 Å². The van der Waals surface area contributed by atoms with Crippen LogP contribution in [0.5, 0.6) is 0 Å². The molecule has 1 aliphatic rings. The number of rotatable bonds is 2. The number of nitro benzene ring substituents is 1. The molecule has 0 unspecified atom stereocenters. The Bertz CT molecular complexity index is 474. The van der Waals surface area contributed by atoms with Crippen LogP contribution in [0.25, 0.3) is 0 Å². The van der Waals surface area contributed by atoms with Crippen LogP contribution in [0.1, 0.15) is 11.1 Å². The van der Waals surface area contributed by atoms with E-state index in [2.05, 4.69) is 0 Å². The number of fused-ring (bicyclic) bond motifs is 1. The fourth-order valence-corrected chi connectivity index (χ4v) is 2.10. The first kappa shape index (κ1) is 12.8. The molecule has 0 atom stereocenters. The summed E-state index contributed by atoms with van der Waals surface area (Å²) >= 11 is 0. The van der Waals surface area contributed by atoms with Gasteiger partial charge in [-0.05, 0) is 17.5 Å². The molecule has 0 spiro atoms. The van der Waals surface area contributed by atoms with E-state index in [0.29, 0.717) is 18.5 Å². The minimum atomic E-state index is -4.24. The summed E-state index contributed by atoms with van der Waals surface area (Å²) in [7, 11) is 0. The third kappa shape index (κ3) is 2.98. The maximum atomic E-state index is 12.3. The smallest absolute Gasteiger partial charge is 0.290 e. The maximum Gasteiger partial charge on any atom is 0.401 e. The van der Waals surface area contributed by atoms with Crippen molar-refractivity contribution in [3.05, 3.63) is 39.4 Å². The molecule has 0 radical (unpaired) electrons. The van der Waals surface area contributed by atoms with Gasteiger partial charge in [-0.2, -0.15) is 13.2 Å². The molecule has 1 aliphatic heterocycles. The standard InChI is InChI=1S/C11H11F3N2O2/c12-11(13,14)7-15-4-3-8-1-2-10(16(17)18)5-9(8)6-15/h1-2,5H,3-4,6-7H2. The Balaban J connectivity index is 2.17. The molecule has 0 N–H and O–H groups in total. The number of non-ortho nitro benzene ring substituents is 1. The van der Waals surface area contributed by atoms with Crippen molar-refractivity contribution in [3.63, 3.8) is 0 Å². The second kappa shape index (κ2) is 4.56. The van der Waals surface area contributed by atoms with Crippen molar-refractivity contribution in [3.8, 4) is 0 Å². The van der Waals surface area contributed by atoms with E-state index < -0.39 is 17.6 Å². The van der Waals surface area contributed by atoms with Gasteiger partial charge in [-0.15, -0.1) is 0 Å². The maximum absolute atomic E-state index is 12.3. The molecule has 1 aromatic carbocycles. The van der Waals surface area contributed by atoms with Crippen molar-refractivity contribution in [2.45, 2.75) is 19.1 Å². The zero-order valence-electron chi connectivity index (χ0n) is 9.41. The average molecular weight is 260 g/mol. The zero-order valence-corrected chi connectivity index (χ0v) is 9.41. The summed E-state index contributed by atoms with van der Waals surface area (Å²) < 4.78 is 36.8. The van der Waals surface area contributed by atoms with Gasteiger partial charge in [0.1, 0.15) is 0 Å². The van der Waals surface area contributed by atoms with E-state index >= 15 is 0 Å². The molecular weight excluding hydrogens is 249 g/mol. The monoisotopic (exact) mass is 260 g/mol. The second-order valence-electron chi connectivity index (χ2n) is 4.29. The van der Waals surface area contributed by atoms with E-state index in [4.69, 9.17) is 0 Å². The minimum Gasteiger partial charge on any atom is -0.290 e. The number of benzene rings is 1. The van der Waals surface area contributed by atoms with Crippen LogP contribution in [-0.2, 0) is 13.0 Å². The predicted molar refractivity (Wildman–Crippen MR) is 58.1 cm³/mol. The molecule has 7 heteroatoms. The van der Waals surface area contributed by atoms with Crippen molar-refractivity contribution < 1.29 is 18.1 Å². The van der Waals surface area contributed by atoms with Gasteiger partial charge in [0.15, 0.2) is 0 Å². The van der Waals surface area contributed by atoms with Gasteiger partial charge >= 0.3 is 6.18 Å². The lowest BCUT2D eigenvalue weighted by Gasteiger charge is -2.29. The first-order valence-corrected chi connectivity index (χ1v) is 5.40. The fourth-order valence-electron chi connectivity index (χ4n) is 2.10. The lowest BCUT2D eigenvalue weighted by atomic mass is 9.99.